The highest BCUT2D eigenvalue weighted by Gasteiger charge is 2.06. The SMILES string of the molecule is O[C@@H](CCc1cccnc1)CSc1ccc(-c2cccc(Cl)c2)cc1. The molecule has 2 nitrogen and oxygen atoms in total. The molecule has 1 atom stereocenters. The summed E-state index contributed by atoms with van der Waals surface area (Å²) in [4.78, 5) is 5.26. The Morgan fingerprint density at radius 3 is 2.56 bits per heavy atom. The maximum Gasteiger partial charge on any atom is 0.0637 e. The van der Waals surface area contributed by atoms with E-state index in [1.807, 2.05) is 36.5 Å². The summed E-state index contributed by atoms with van der Waals surface area (Å²) in [5.41, 5.74) is 3.42. The van der Waals surface area contributed by atoms with Crippen LogP contribution in [0.5, 0.6) is 0 Å². The van der Waals surface area contributed by atoms with E-state index >= 15 is 0 Å². The number of rotatable bonds is 7. The van der Waals surface area contributed by atoms with Crippen molar-refractivity contribution in [3.05, 3.63) is 83.6 Å². The van der Waals surface area contributed by atoms with Gasteiger partial charge in [-0.1, -0.05) is 41.9 Å². The van der Waals surface area contributed by atoms with Gasteiger partial charge < -0.3 is 5.11 Å². The fourth-order valence-electron chi connectivity index (χ4n) is 2.57. The molecule has 0 saturated heterocycles. The number of aryl methyl sites for hydroxylation is 1. The van der Waals surface area contributed by atoms with Crippen LogP contribution in [0.15, 0.2) is 78.0 Å². The van der Waals surface area contributed by atoms with Crippen molar-refractivity contribution in [1.82, 2.24) is 4.98 Å². The predicted octanol–water partition coefficient (Wildman–Crippen LogP) is 5.49. The third-order valence-electron chi connectivity index (χ3n) is 3.94. The van der Waals surface area contributed by atoms with Crippen LogP contribution in [0.25, 0.3) is 11.1 Å². The fraction of sp³-hybridized carbons (Fsp3) is 0.190. The molecule has 0 aliphatic heterocycles. The maximum atomic E-state index is 10.2. The van der Waals surface area contributed by atoms with Gasteiger partial charge in [-0.3, -0.25) is 4.98 Å². The number of benzene rings is 2. The molecule has 0 bridgehead atoms. The van der Waals surface area contributed by atoms with Crippen molar-refractivity contribution in [2.75, 3.05) is 5.75 Å². The van der Waals surface area contributed by atoms with Crippen LogP contribution in [0.2, 0.25) is 5.02 Å². The molecular formula is C21H20ClNOS. The van der Waals surface area contributed by atoms with Crippen LogP contribution in [0, 0.1) is 0 Å². The van der Waals surface area contributed by atoms with E-state index in [1.165, 1.54) is 0 Å². The number of hydrogen-bond donors (Lipinski definition) is 1. The van der Waals surface area contributed by atoms with Crippen LogP contribution in [-0.2, 0) is 6.42 Å². The molecule has 0 unspecified atom stereocenters. The first-order chi connectivity index (χ1) is 12.2. The van der Waals surface area contributed by atoms with Gasteiger partial charge in [0, 0.05) is 28.1 Å². The van der Waals surface area contributed by atoms with E-state index in [0.717, 1.165) is 39.5 Å². The van der Waals surface area contributed by atoms with Gasteiger partial charge in [0.15, 0.2) is 0 Å². The zero-order valence-electron chi connectivity index (χ0n) is 13.8. The minimum atomic E-state index is -0.321. The molecule has 0 aliphatic rings. The average molecular weight is 370 g/mol. The van der Waals surface area contributed by atoms with E-state index in [9.17, 15) is 5.11 Å². The van der Waals surface area contributed by atoms with Gasteiger partial charge in [-0.25, -0.2) is 0 Å². The first-order valence-corrected chi connectivity index (χ1v) is 9.63. The molecule has 1 aromatic heterocycles. The van der Waals surface area contributed by atoms with Gasteiger partial charge in [-0.2, -0.15) is 0 Å². The van der Waals surface area contributed by atoms with Crippen molar-refractivity contribution in [3.8, 4) is 11.1 Å². The zero-order chi connectivity index (χ0) is 17.5. The number of aliphatic hydroxyl groups excluding tert-OH is 1. The molecule has 0 radical (unpaired) electrons. The minimum Gasteiger partial charge on any atom is -0.392 e. The lowest BCUT2D eigenvalue weighted by atomic mass is 10.1. The highest BCUT2D eigenvalue weighted by atomic mass is 35.5. The maximum absolute atomic E-state index is 10.2. The molecule has 3 rings (SSSR count). The number of nitrogens with zero attached hydrogens (tertiary/aromatic N) is 1. The van der Waals surface area contributed by atoms with Crippen LogP contribution in [0.3, 0.4) is 0 Å². The van der Waals surface area contributed by atoms with Crippen LogP contribution in [0.1, 0.15) is 12.0 Å². The Hall–Kier alpha value is -1.81. The van der Waals surface area contributed by atoms with Gasteiger partial charge in [0.1, 0.15) is 0 Å². The predicted molar refractivity (Wildman–Crippen MR) is 106 cm³/mol. The Labute approximate surface area is 157 Å². The van der Waals surface area contributed by atoms with E-state index < -0.39 is 0 Å². The fourth-order valence-corrected chi connectivity index (χ4v) is 3.64. The van der Waals surface area contributed by atoms with Gasteiger partial charge in [-0.15, -0.1) is 11.8 Å². The van der Waals surface area contributed by atoms with Gasteiger partial charge >= 0.3 is 0 Å². The van der Waals surface area contributed by atoms with Gasteiger partial charge in [0.25, 0.3) is 0 Å². The number of thioether (sulfide) groups is 1. The van der Waals surface area contributed by atoms with Crippen LogP contribution >= 0.6 is 23.4 Å². The Morgan fingerprint density at radius 1 is 1.00 bits per heavy atom. The standard InChI is InChI=1S/C21H20ClNOS/c22-19-5-1-4-18(13-19)17-7-10-21(11-8-17)25-15-20(24)9-6-16-3-2-12-23-14-16/h1-5,7-8,10-14,20,24H,6,9,15H2/t20-/m0/s1. The molecule has 0 fully saturated rings. The second-order valence-corrected chi connectivity index (χ2v) is 7.43. The molecule has 0 amide bonds. The van der Waals surface area contributed by atoms with Crippen molar-refractivity contribution in [2.24, 2.45) is 0 Å². The lowest BCUT2D eigenvalue weighted by Gasteiger charge is -2.10. The molecule has 1 heterocycles. The minimum absolute atomic E-state index is 0.321. The summed E-state index contributed by atoms with van der Waals surface area (Å²) >= 11 is 7.73. The Kier molecular flexibility index (Phi) is 6.51. The summed E-state index contributed by atoms with van der Waals surface area (Å²) in [5.74, 6) is 0.691. The summed E-state index contributed by atoms with van der Waals surface area (Å²) in [5, 5.41) is 10.9. The van der Waals surface area contributed by atoms with Crippen LogP contribution in [0.4, 0.5) is 0 Å². The summed E-state index contributed by atoms with van der Waals surface area (Å²) in [6.07, 6.45) is 4.90. The molecule has 4 heteroatoms. The average Bonchev–Trinajstić information content (AvgIpc) is 2.66. The normalized spacial score (nSPS) is 12.1. The third kappa shape index (κ3) is 5.60. The number of aromatic nitrogens is 1. The lowest BCUT2D eigenvalue weighted by molar-refractivity contribution is 0.189. The Bertz CT molecular complexity index is 793. The van der Waals surface area contributed by atoms with E-state index in [-0.39, 0.29) is 6.10 Å². The van der Waals surface area contributed by atoms with Crippen molar-refractivity contribution in [1.29, 1.82) is 0 Å². The highest BCUT2D eigenvalue weighted by molar-refractivity contribution is 7.99. The summed E-state index contributed by atoms with van der Waals surface area (Å²) in [6, 6.07) is 20.2. The molecule has 0 spiro atoms. The molecule has 2 aromatic carbocycles. The van der Waals surface area contributed by atoms with Crippen LogP contribution < -0.4 is 0 Å². The smallest absolute Gasteiger partial charge is 0.0637 e. The summed E-state index contributed by atoms with van der Waals surface area (Å²) < 4.78 is 0. The monoisotopic (exact) mass is 369 g/mol. The van der Waals surface area contributed by atoms with Gasteiger partial charge in [-0.05, 0) is 59.9 Å². The van der Waals surface area contributed by atoms with Gasteiger partial charge in [0.2, 0.25) is 0 Å². The number of aliphatic hydroxyl groups is 1. The van der Waals surface area contributed by atoms with Gasteiger partial charge in [0.05, 0.1) is 6.10 Å². The first kappa shape index (κ1) is 18.0. The molecule has 3 aromatic rings. The molecule has 128 valence electrons. The van der Waals surface area contributed by atoms with E-state index in [4.69, 9.17) is 11.6 Å². The van der Waals surface area contributed by atoms with Crippen molar-refractivity contribution in [2.45, 2.75) is 23.8 Å². The number of hydrogen-bond acceptors (Lipinski definition) is 3. The molecular weight excluding hydrogens is 350 g/mol. The topological polar surface area (TPSA) is 33.1 Å². The lowest BCUT2D eigenvalue weighted by Crippen LogP contribution is -2.11. The van der Waals surface area contributed by atoms with E-state index in [2.05, 4.69) is 35.3 Å². The van der Waals surface area contributed by atoms with Crippen LogP contribution in [-0.4, -0.2) is 21.9 Å². The first-order valence-electron chi connectivity index (χ1n) is 8.26. The van der Waals surface area contributed by atoms with Crippen molar-refractivity contribution < 1.29 is 5.11 Å². The number of pyridine rings is 1. The molecule has 1 N–H and O–H groups in total. The molecule has 0 aliphatic carbocycles. The molecule has 0 saturated carbocycles. The summed E-state index contributed by atoms with van der Waals surface area (Å²) in [6.45, 7) is 0. The van der Waals surface area contributed by atoms with E-state index in [1.54, 1.807) is 18.0 Å². The van der Waals surface area contributed by atoms with E-state index in [0.29, 0.717) is 5.75 Å². The largest absolute Gasteiger partial charge is 0.392 e. The second-order valence-electron chi connectivity index (χ2n) is 5.90. The second kappa shape index (κ2) is 9.04. The Balaban J connectivity index is 1.50. The quantitative estimate of drug-likeness (QED) is 0.559. The Morgan fingerprint density at radius 2 is 1.84 bits per heavy atom. The summed E-state index contributed by atoms with van der Waals surface area (Å²) in [7, 11) is 0. The number of halogens is 1. The van der Waals surface area contributed by atoms with Crippen molar-refractivity contribution in [3.63, 3.8) is 0 Å². The van der Waals surface area contributed by atoms with Crippen molar-refractivity contribution >= 4 is 23.4 Å². The molecule has 25 heavy (non-hydrogen) atoms. The zero-order valence-corrected chi connectivity index (χ0v) is 15.4. The third-order valence-corrected chi connectivity index (χ3v) is 5.34. The highest BCUT2D eigenvalue weighted by Crippen LogP contribution is 2.26.